The van der Waals surface area contributed by atoms with Crippen molar-refractivity contribution in [1.82, 2.24) is 9.47 Å². The first kappa shape index (κ1) is 21.4. The van der Waals surface area contributed by atoms with E-state index in [0.717, 1.165) is 65.6 Å². The zero-order valence-corrected chi connectivity index (χ0v) is 18.9. The molecule has 4 aromatic rings. The second-order valence-corrected chi connectivity index (χ2v) is 8.81. The van der Waals surface area contributed by atoms with E-state index in [-0.39, 0.29) is 5.56 Å². The molecule has 1 fully saturated rings. The minimum absolute atomic E-state index is 0.131. The summed E-state index contributed by atoms with van der Waals surface area (Å²) < 4.78 is 13.0. The van der Waals surface area contributed by atoms with Crippen LogP contribution in [0.2, 0.25) is 0 Å². The van der Waals surface area contributed by atoms with Crippen molar-refractivity contribution in [3.8, 4) is 28.6 Å². The third-order valence-corrected chi connectivity index (χ3v) is 6.88. The van der Waals surface area contributed by atoms with Crippen molar-refractivity contribution in [2.75, 3.05) is 39.5 Å². The summed E-state index contributed by atoms with van der Waals surface area (Å²) in [6, 6.07) is 23.1. The van der Waals surface area contributed by atoms with Gasteiger partial charge >= 0.3 is 0 Å². The molecule has 6 nitrogen and oxygen atoms in total. The maximum atomic E-state index is 12.9. The molecule has 0 unspecified atom stereocenters. The fraction of sp³-hybridized carbons (Fsp3) is 0.231. The fourth-order valence-electron chi connectivity index (χ4n) is 4.11. The van der Waals surface area contributed by atoms with Crippen molar-refractivity contribution in [2.24, 2.45) is 0 Å². The van der Waals surface area contributed by atoms with E-state index in [2.05, 4.69) is 11.0 Å². The Hall–Kier alpha value is -3.44. The predicted molar refractivity (Wildman–Crippen MR) is 130 cm³/mol. The van der Waals surface area contributed by atoms with Gasteiger partial charge in [0.2, 0.25) is 0 Å². The molecule has 166 valence electrons. The van der Waals surface area contributed by atoms with Gasteiger partial charge in [-0.05, 0) is 35.9 Å². The maximum absolute atomic E-state index is 12.9. The number of pyridine rings is 1. The standard InChI is InChI=1S/C26H23N3O3S/c27-18-23-25(19-4-2-1-3-5-19)22-10-11-24(30)29(26(22)33-23)20-6-8-21(9-7-20)32-17-14-28-12-15-31-16-13-28/h1-11H,12-17H2. The summed E-state index contributed by atoms with van der Waals surface area (Å²) in [5, 5.41) is 10.7. The van der Waals surface area contributed by atoms with Crippen LogP contribution in [0.4, 0.5) is 0 Å². The summed E-state index contributed by atoms with van der Waals surface area (Å²) in [6.45, 7) is 4.88. The Labute approximate surface area is 195 Å². The fourth-order valence-corrected chi connectivity index (χ4v) is 5.24. The van der Waals surface area contributed by atoms with Gasteiger partial charge in [-0.1, -0.05) is 30.3 Å². The Kier molecular flexibility index (Phi) is 6.22. The van der Waals surface area contributed by atoms with Crippen molar-refractivity contribution < 1.29 is 9.47 Å². The van der Waals surface area contributed by atoms with Crippen molar-refractivity contribution in [3.63, 3.8) is 0 Å². The lowest BCUT2D eigenvalue weighted by Crippen LogP contribution is -2.38. The molecule has 0 aliphatic carbocycles. The summed E-state index contributed by atoms with van der Waals surface area (Å²) in [7, 11) is 0. The van der Waals surface area contributed by atoms with E-state index >= 15 is 0 Å². The van der Waals surface area contributed by atoms with Gasteiger partial charge in [0.05, 0.1) is 18.9 Å². The molecule has 2 aromatic heterocycles. The van der Waals surface area contributed by atoms with Gasteiger partial charge in [0.15, 0.2) is 0 Å². The second-order valence-electron chi connectivity index (χ2n) is 7.81. The number of thiophene rings is 1. The number of benzene rings is 2. The maximum Gasteiger partial charge on any atom is 0.256 e. The number of morpholine rings is 1. The van der Waals surface area contributed by atoms with Crippen molar-refractivity contribution in [1.29, 1.82) is 5.26 Å². The molecule has 7 heteroatoms. The van der Waals surface area contributed by atoms with E-state index in [4.69, 9.17) is 9.47 Å². The van der Waals surface area contributed by atoms with Crippen LogP contribution < -0.4 is 10.3 Å². The molecule has 2 aromatic carbocycles. The Morgan fingerprint density at radius 1 is 1.00 bits per heavy atom. The smallest absolute Gasteiger partial charge is 0.256 e. The number of ether oxygens (including phenoxy) is 2. The molecule has 1 aliphatic heterocycles. The first-order chi connectivity index (χ1) is 16.2. The van der Waals surface area contributed by atoms with Crippen molar-refractivity contribution >= 4 is 21.6 Å². The predicted octanol–water partition coefficient (Wildman–Crippen LogP) is 4.30. The topological polar surface area (TPSA) is 67.5 Å². The van der Waals surface area contributed by atoms with Crippen LogP contribution in [-0.2, 0) is 4.74 Å². The summed E-state index contributed by atoms with van der Waals surface area (Å²) in [5.41, 5.74) is 2.45. The van der Waals surface area contributed by atoms with Crippen LogP contribution in [0.1, 0.15) is 4.88 Å². The number of hydrogen-bond acceptors (Lipinski definition) is 6. The quantitative estimate of drug-likeness (QED) is 0.432. The Balaban J connectivity index is 1.43. The van der Waals surface area contributed by atoms with Gasteiger partial charge in [0, 0.05) is 36.7 Å². The van der Waals surface area contributed by atoms with Gasteiger partial charge in [0.25, 0.3) is 5.56 Å². The largest absolute Gasteiger partial charge is 0.492 e. The number of hydrogen-bond donors (Lipinski definition) is 0. The molecule has 0 saturated carbocycles. The van der Waals surface area contributed by atoms with Crippen LogP contribution in [0, 0.1) is 11.3 Å². The summed E-state index contributed by atoms with van der Waals surface area (Å²) in [4.78, 5) is 16.5. The molecule has 1 aliphatic rings. The minimum atomic E-state index is -0.131. The lowest BCUT2D eigenvalue weighted by atomic mass is 10.0. The number of fused-ring (bicyclic) bond motifs is 1. The summed E-state index contributed by atoms with van der Waals surface area (Å²) in [5.74, 6) is 0.765. The summed E-state index contributed by atoms with van der Waals surface area (Å²) >= 11 is 1.34. The highest BCUT2D eigenvalue weighted by Crippen LogP contribution is 2.38. The van der Waals surface area contributed by atoms with Crippen LogP contribution in [0.3, 0.4) is 0 Å². The van der Waals surface area contributed by atoms with Gasteiger partial charge in [-0.2, -0.15) is 5.26 Å². The van der Waals surface area contributed by atoms with Crippen LogP contribution in [0.15, 0.2) is 71.5 Å². The number of nitrogens with zero attached hydrogens (tertiary/aromatic N) is 3. The highest BCUT2D eigenvalue weighted by atomic mass is 32.1. The van der Waals surface area contributed by atoms with Crippen LogP contribution in [-0.4, -0.2) is 48.9 Å². The van der Waals surface area contributed by atoms with Crippen LogP contribution in [0.25, 0.3) is 27.0 Å². The first-order valence-electron chi connectivity index (χ1n) is 10.9. The molecule has 1 saturated heterocycles. The molecule has 5 rings (SSSR count). The Morgan fingerprint density at radius 2 is 1.76 bits per heavy atom. The van der Waals surface area contributed by atoms with Crippen LogP contribution in [0.5, 0.6) is 5.75 Å². The van der Waals surface area contributed by atoms with Crippen molar-refractivity contribution in [2.45, 2.75) is 0 Å². The van der Waals surface area contributed by atoms with E-state index in [1.165, 1.54) is 11.3 Å². The molecule has 3 heterocycles. The lowest BCUT2D eigenvalue weighted by molar-refractivity contribution is 0.0322. The minimum Gasteiger partial charge on any atom is -0.492 e. The zero-order valence-electron chi connectivity index (χ0n) is 18.1. The number of nitriles is 1. The van der Waals surface area contributed by atoms with Gasteiger partial charge < -0.3 is 9.47 Å². The van der Waals surface area contributed by atoms with Crippen LogP contribution >= 0.6 is 11.3 Å². The second kappa shape index (κ2) is 9.59. The normalized spacial score (nSPS) is 14.3. The van der Waals surface area contributed by atoms with E-state index in [1.807, 2.05) is 60.7 Å². The third kappa shape index (κ3) is 4.41. The number of aromatic nitrogens is 1. The van der Waals surface area contributed by atoms with Gasteiger partial charge in [-0.3, -0.25) is 14.3 Å². The van der Waals surface area contributed by atoms with E-state index in [1.54, 1.807) is 10.6 Å². The molecular formula is C26H23N3O3S. The average molecular weight is 458 g/mol. The highest BCUT2D eigenvalue weighted by molar-refractivity contribution is 7.19. The van der Waals surface area contributed by atoms with E-state index in [9.17, 15) is 10.1 Å². The molecule has 0 amide bonds. The molecular weight excluding hydrogens is 434 g/mol. The highest BCUT2D eigenvalue weighted by Gasteiger charge is 2.18. The lowest BCUT2D eigenvalue weighted by Gasteiger charge is -2.26. The zero-order chi connectivity index (χ0) is 22.6. The van der Waals surface area contributed by atoms with E-state index < -0.39 is 0 Å². The molecule has 0 bridgehead atoms. The van der Waals surface area contributed by atoms with E-state index in [0.29, 0.717) is 11.5 Å². The van der Waals surface area contributed by atoms with Crippen molar-refractivity contribution in [3.05, 3.63) is 82.0 Å². The monoisotopic (exact) mass is 457 g/mol. The first-order valence-corrected chi connectivity index (χ1v) is 11.7. The molecule has 0 N–H and O–H groups in total. The number of rotatable bonds is 6. The molecule has 33 heavy (non-hydrogen) atoms. The van der Waals surface area contributed by atoms with Gasteiger partial charge in [0.1, 0.15) is 28.1 Å². The molecule has 0 spiro atoms. The SMILES string of the molecule is N#Cc1sc2c(ccc(=O)n2-c2ccc(OCCN3CCOCC3)cc2)c1-c1ccccc1. The average Bonchev–Trinajstić information content (AvgIpc) is 3.24. The third-order valence-electron chi connectivity index (χ3n) is 5.78. The van der Waals surface area contributed by atoms with Gasteiger partial charge in [-0.25, -0.2) is 0 Å². The Morgan fingerprint density at radius 3 is 2.48 bits per heavy atom. The van der Waals surface area contributed by atoms with Gasteiger partial charge in [-0.15, -0.1) is 11.3 Å². The molecule has 0 radical (unpaired) electrons. The molecule has 0 atom stereocenters. The Bertz CT molecular complexity index is 1350. The summed E-state index contributed by atoms with van der Waals surface area (Å²) in [6.07, 6.45) is 0.